The summed E-state index contributed by atoms with van der Waals surface area (Å²) in [6.45, 7) is 1.76. The van der Waals surface area contributed by atoms with Crippen LogP contribution in [0.15, 0.2) is 59.4 Å². The minimum absolute atomic E-state index is 0.172. The van der Waals surface area contributed by atoms with Crippen LogP contribution in [0.1, 0.15) is 5.56 Å². The van der Waals surface area contributed by atoms with Gasteiger partial charge >= 0.3 is 0 Å². The van der Waals surface area contributed by atoms with Crippen LogP contribution >= 0.6 is 0 Å². The van der Waals surface area contributed by atoms with Crippen LogP contribution in [0, 0.1) is 12.7 Å². The predicted octanol–water partition coefficient (Wildman–Crippen LogP) is 3.28. The predicted molar refractivity (Wildman–Crippen MR) is 76.5 cm³/mol. The van der Waals surface area contributed by atoms with Crippen molar-refractivity contribution < 1.29 is 4.39 Å². The van der Waals surface area contributed by atoms with E-state index in [2.05, 4.69) is 5.10 Å². The van der Waals surface area contributed by atoms with Gasteiger partial charge in [-0.25, -0.2) is 9.07 Å². The maximum Gasteiger partial charge on any atom is 0.274 e. The molecule has 0 spiro atoms. The molecular formula is C16H13FN2O. The molecule has 0 saturated carbocycles. The number of aromatic amines is 1. The van der Waals surface area contributed by atoms with E-state index in [9.17, 15) is 9.18 Å². The van der Waals surface area contributed by atoms with Crippen LogP contribution in [0.2, 0.25) is 0 Å². The van der Waals surface area contributed by atoms with E-state index in [0.29, 0.717) is 11.3 Å². The summed E-state index contributed by atoms with van der Waals surface area (Å²) < 4.78 is 14.6. The van der Waals surface area contributed by atoms with Gasteiger partial charge in [0.2, 0.25) is 0 Å². The number of H-pyrrole nitrogens is 1. The zero-order chi connectivity index (χ0) is 14.1. The van der Waals surface area contributed by atoms with Gasteiger partial charge < -0.3 is 0 Å². The first-order valence-electron chi connectivity index (χ1n) is 6.30. The van der Waals surface area contributed by atoms with Gasteiger partial charge in [-0.3, -0.25) is 9.89 Å². The molecule has 2 aromatic carbocycles. The fourth-order valence-electron chi connectivity index (χ4n) is 2.20. The molecule has 20 heavy (non-hydrogen) atoms. The van der Waals surface area contributed by atoms with Gasteiger partial charge in [0.05, 0.1) is 11.4 Å². The molecule has 0 saturated heterocycles. The molecule has 0 atom stereocenters. The van der Waals surface area contributed by atoms with E-state index in [4.69, 9.17) is 0 Å². The fraction of sp³-hybridized carbons (Fsp3) is 0.0625. The van der Waals surface area contributed by atoms with E-state index in [-0.39, 0.29) is 11.4 Å². The molecule has 0 amide bonds. The van der Waals surface area contributed by atoms with Gasteiger partial charge in [-0.05, 0) is 30.7 Å². The Morgan fingerprint density at radius 3 is 2.50 bits per heavy atom. The summed E-state index contributed by atoms with van der Waals surface area (Å²) in [6, 6.07) is 15.5. The average molecular weight is 268 g/mol. The molecule has 100 valence electrons. The number of aromatic nitrogens is 2. The van der Waals surface area contributed by atoms with Crippen molar-refractivity contribution >= 4 is 0 Å². The Labute approximate surface area is 115 Å². The van der Waals surface area contributed by atoms with Crippen molar-refractivity contribution in [2.24, 2.45) is 0 Å². The quantitative estimate of drug-likeness (QED) is 0.761. The van der Waals surface area contributed by atoms with Crippen molar-refractivity contribution in [2.45, 2.75) is 6.92 Å². The molecule has 0 aliphatic heterocycles. The molecule has 0 fully saturated rings. The largest absolute Gasteiger partial charge is 0.290 e. The number of rotatable bonds is 2. The van der Waals surface area contributed by atoms with Crippen molar-refractivity contribution in [3.8, 4) is 16.9 Å². The topological polar surface area (TPSA) is 37.8 Å². The summed E-state index contributed by atoms with van der Waals surface area (Å²) in [7, 11) is 0. The molecule has 0 bridgehead atoms. The molecule has 0 aliphatic rings. The Bertz CT molecular complexity index is 803. The molecule has 1 heterocycles. The van der Waals surface area contributed by atoms with Crippen LogP contribution in [-0.2, 0) is 0 Å². The second kappa shape index (κ2) is 4.81. The number of halogens is 1. The third-order valence-electron chi connectivity index (χ3n) is 3.25. The SMILES string of the molecule is Cc1c(-c2ccccc2)[nH]n(-c2cccc(F)c2)c1=O. The molecule has 1 N–H and O–H groups in total. The van der Waals surface area contributed by atoms with Crippen molar-refractivity contribution in [1.29, 1.82) is 0 Å². The Kier molecular flexibility index (Phi) is 2.99. The Morgan fingerprint density at radius 1 is 1.05 bits per heavy atom. The smallest absolute Gasteiger partial charge is 0.274 e. The third-order valence-corrected chi connectivity index (χ3v) is 3.25. The number of benzene rings is 2. The minimum atomic E-state index is -0.372. The third kappa shape index (κ3) is 2.05. The lowest BCUT2D eigenvalue weighted by atomic mass is 10.1. The highest BCUT2D eigenvalue weighted by Crippen LogP contribution is 2.19. The highest BCUT2D eigenvalue weighted by molar-refractivity contribution is 5.62. The lowest BCUT2D eigenvalue weighted by Gasteiger charge is -2.02. The first kappa shape index (κ1) is 12.4. The molecule has 0 radical (unpaired) electrons. The fourth-order valence-corrected chi connectivity index (χ4v) is 2.20. The van der Waals surface area contributed by atoms with E-state index in [1.807, 2.05) is 30.3 Å². The summed E-state index contributed by atoms with van der Waals surface area (Å²) in [5.74, 6) is -0.372. The van der Waals surface area contributed by atoms with Crippen LogP contribution in [0.5, 0.6) is 0 Å². The first-order valence-corrected chi connectivity index (χ1v) is 6.30. The van der Waals surface area contributed by atoms with Gasteiger partial charge in [-0.15, -0.1) is 0 Å². The van der Waals surface area contributed by atoms with E-state index in [1.54, 1.807) is 19.1 Å². The molecule has 1 aromatic heterocycles. The van der Waals surface area contributed by atoms with E-state index >= 15 is 0 Å². The van der Waals surface area contributed by atoms with Crippen molar-refractivity contribution in [2.75, 3.05) is 0 Å². The van der Waals surface area contributed by atoms with Crippen LogP contribution in [0.3, 0.4) is 0 Å². The van der Waals surface area contributed by atoms with Crippen LogP contribution in [0.4, 0.5) is 4.39 Å². The molecule has 3 nitrogen and oxygen atoms in total. The number of nitrogens with zero attached hydrogens (tertiary/aromatic N) is 1. The second-order valence-electron chi connectivity index (χ2n) is 4.60. The molecule has 0 aliphatic carbocycles. The minimum Gasteiger partial charge on any atom is -0.290 e. The number of nitrogens with one attached hydrogen (secondary N) is 1. The van der Waals surface area contributed by atoms with Crippen molar-refractivity contribution in [1.82, 2.24) is 9.78 Å². The van der Waals surface area contributed by atoms with Crippen molar-refractivity contribution in [3.63, 3.8) is 0 Å². The maximum atomic E-state index is 13.3. The second-order valence-corrected chi connectivity index (χ2v) is 4.60. The summed E-state index contributed by atoms with van der Waals surface area (Å²) in [4.78, 5) is 12.3. The van der Waals surface area contributed by atoms with Gasteiger partial charge in [-0.2, -0.15) is 0 Å². The van der Waals surface area contributed by atoms with Crippen LogP contribution in [-0.4, -0.2) is 9.78 Å². The zero-order valence-corrected chi connectivity index (χ0v) is 10.9. The molecule has 3 rings (SSSR count). The van der Waals surface area contributed by atoms with Gasteiger partial charge in [0.1, 0.15) is 5.82 Å². The normalized spacial score (nSPS) is 10.7. The summed E-state index contributed by atoms with van der Waals surface area (Å²) in [6.07, 6.45) is 0. The lowest BCUT2D eigenvalue weighted by Crippen LogP contribution is -2.15. The van der Waals surface area contributed by atoms with Crippen LogP contribution in [0.25, 0.3) is 16.9 Å². The Hall–Kier alpha value is -2.62. The Balaban J connectivity index is 2.18. The van der Waals surface area contributed by atoms with E-state index in [0.717, 1.165) is 11.3 Å². The summed E-state index contributed by atoms with van der Waals surface area (Å²) in [5.41, 5.74) is 2.60. The van der Waals surface area contributed by atoms with Gasteiger partial charge in [0.15, 0.2) is 0 Å². The molecular weight excluding hydrogens is 255 g/mol. The highest BCUT2D eigenvalue weighted by Gasteiger charge is 2.12. The molecule has 0 unspecified atom stereocenters. The number of hydrogen-bond donors (Lipinski definition) is 1. The van der Waals surface area contributed by atoms with Crippen molar-refractivity contribution in [3.05, 3.63) is 76.3 Å². The number of hydrogen-bond acceptors (Lipinski definition) is 1. The Morgan fingerprint density at radius 2 is 1.80 bits per heavy atom. The molecule has 3 aromatic rings. The van der Waals surface area contributed by atoms with Gasteiger partial charge in [0.25, 0.3) is 5.56 Å². The van der Waals surface area contributed by atoms with E-state index < -0.39 is 0 Å². The lowest BCUT2D eigenvalue weighted by molar-refractivity contribution is 0.625. The van der Waals surface area contributed by atoms with Gasteiger partial charge in [-0.1, -0.05) is 36.4 Å². The summed E-state index contributed by atoms with van der Waals surface area (Å²) in [5, 5.41) is 3.05. The standard InChI is InChI=1S/C16H13FN2O/c1-11-15(12-6-3-2-4-7-12)18-19(16(11)20)14-9-5-8-13(17)10-14/h2-10,18H,1H3. The first-order chi connectivity index (χ1) is 9.66. The van der Waals surface area contributed by atoms with Gasteiger partial charge in [0, 0.05) is 5.56 Å². The highest BCUT2D eigenvalue weighted by atomic mass is 19.1. The monoisotopic (exact) mass is 268 g/mol. The van der Waals surface area contributed by atoms with Crippen LogP contribution < -0.4 is 5.56 Å². The maximum absolute atomic E-state index is 13.3. The summed E-state index contributed by atoms with van der Waals surface area (Å²) >= 11 is 0. The van der Waals surface area contributed by atoms with E-state index in [1.165, 1.54) is 16.8 Å². The molecule has 4 heteroatoms. The zero-order valence-electron chi connectivity index (χ0n) is 10.9. The average Bonchev–Trinajstić information content (AvgIpc) is 2.76.